The third-order valence-electron chi connectivity index (χ3n) is 7.87. The molecular formula is C40H57F4NO4. The van der Waals surface area contributed by atoms with Crippen LogP contribution in [-0.2, 0) is 27.2 Å². The molecular weight excluding hydrogens is 634 g/mol. The van der Waals surface area contributed by atoms with E-state index in [4.69, 9.17) is 14.3 Å². The second-order valence-electron chi connectivity index (χ2n) is 11.3. The number of fused-ring (bicyclic) bond motifs is 1. The maximum Gasteiger partial charge on any atom is 0.401 e. The van der Waals surface area contributed by atoms with E-state index in [0.717, 1.165) is 34.9 Å². The van der Waals surface area contributed by atoms with Crippen LogP contribution in [0, 0.1) is 18.2 Å². The van der Waals surface area contributed by atoms with Crippen LogP contribution in [0.2, 0.25) is 0 Å². The van der Waals surface area contributed by atoms with Crippen molar-refractivity contribution in [2.45, 2.75) is 100 Å². The van der Waals surface area contributed by atoms with Crippen molar-refractivity contribution < 1.29 is 38.8 Å². The van der Waals surface area contributed by atoms with Crippen molar-refractivity contribution in [3.63, 3.8) is 0 Å². The molecule has 1 heterocycles. The van der Waals surface area contributed by atoms with E-state index in [2.05, 4.69) is 44.1 Å². The number of aryl methyl sites for hydroxylation is 2. The van der Waals surface area contributed by atoms with Gasteiger partial charge in [0.2, 0.25) is 0 Å². The van der Waals surface area contributed by atoms with Gasteiger partial charge in [-0.15, -0.1) is 0 Å². The summed E-state index contributed by atoms with van der Waals surface area (Å²) in [7, 11) is 1.24. The number of carbonyl (C=O) groups is 2. The summed E-state index contributed by atoms with van der Waals surface area (Å²) in [4.78, 5) is 22.3. The minimum atomic E-state index is -4.37. The molecule has 1 fully saturated rings. The number of carbonyl (C=O) groups excluding carboxylic acids is 2. The summed E-state index contributed by atoms with van der Waals surface area (Å²) in [5, 5.41) is 1.02. The Hall–Kier alpha value is -4.11. The lowest BCUT2D eigenvalue weighted by molar-refractivity contribution is -0.184. The molecule has 0 atom stereocenters. The van der Waals surface area contributed by atoms with Gasteiger partial charge in [0, 0.05) is 18.6 Å². The summed E-state index contributed by atoms with van der Waals surface area (Å²) >= 11 is 0. The Labute approximate surface area is 292 Å². The molecule has 274 valence electrons. The van der Waals surface area contributed by atoms with Gasteiger partial charge in [0.1, 0.15) is 17.0 Å². The first kappa shape index (κ1) is 47.0. The summed E-state index contributed by atoms with van der Waals surface area (Å²) in [5.41, 5.74) is 4.70. The molecule has 2 aromatic carbocycles. The minimum absolute atomic E-state index is 0. The van der Waals surface area contributed by atoms with E-state index in [0.29, 0.717) is 16.7 Å². The van der Waals surface area contributed by atoms with Gasteiger partial charge in [-0.25, -0.2) is 4.39 Å². The molecule has 0 bridgehead atoms. The predicted molar refractivity (Wildman–Crippen MR) is 197 cm³/mol. The number of aromatic nitrogens is 1. The summed E-state index contributed by atoms with van der Waals surface area (Å²) in [6, 6.07) is 11.4. The number of halogens is 4. The monoisotopic (exact) mass is 691 g/mol. The molecule has 49 heavy (non-hydrogen) atoms. The van der Waals surface area contributed by atoms with Crippen LogP contribution in [-0.4, -0.2) is 36.3 Å². The molecule has 0 spiro atoms. The normalized spacial score (nSPS) is 12.6. The van der Waals surface area contributed by atoms with Crippen molar-refractivity contribution in [3.8, 4) is 11.1 Å². The number of methoxy groups -OCH3 is 1. The van der Waals surface area contributed by atoms with Gasteiger partial charge in [0.15, 0.2) is 12.6 Å². The van der Waals surface area contributed by atoms with Crippen LogP contribution >= 0.6 is 0 Å². The average molecular weight is 692 g/mol. The largest absolute Gasteiger partial charge is 0.500 e. The Morgan fingerprint density at radius 1 is 1.00 bits per heavy atom. The third kappa shape index (κ3) is 12.7. The fraction of sp³-hybridized carbons (Fsp3) is 0.425. The zero-order valence-electron chi connectivity index (χ0n) is 28.0. The van der Waals surface area contributed by atoms with E-state index in [9.17, 15) is 13.2 Å². The maximum atomic E-state index is 15.1. The zero-order chi connectivity index (χ0) is 34.5. The Bertz CT molecular complexity index is 1560. The van der Waals surface area contributed by atoms with Crippen molar-refractivity contribution in [3.05, 3.63) is 101 Å². The van der Waals surface area contributed by atoms with Gasteiger partial charge in [-0.2, -0.15) is 13.2 Å². The number of rotatable bonds is 13. The Kier molecular flexibility index (Phi) is 20.9. The summed E-state index contributed by atoms with van der Waals surface area (Å²) in [6.07, 6.45) is 4.27. The van der Waals surface area contributed by atoms with Crippen LogP contribution in [0.4, 0.5) is 17.6 Å². The molecule has 2 N–H and O–H groups in total. The van der Waals surface area contributed by atoms with Gasteiger partial charge < -0.3 is 10.2 Å². The molecule has 1 aromatic heterocycles. The highest BCUT2D eigenvalue weighted by atomic mass is 19.4. The fourth-order valence-electron chi connectivity index (χ4n) is 5.27. The van der Waals surface area contributed by atoms with E-state index >= 15 is 4.39 Å². The first-order valence-corrected chi connectivity index (χ1v) is 15.6. The van der Waals surface area contributed by atoms with Gasteiger partial charge in [-0.1, -0.05) is 79.3 Å². The molecule has 4 rings (SSSR count). The average Bonchev–Trinajstić information content (AvgIpc) is 3.85. The number of pyridine rings is 1. The molecule has 3 aromatic rings. The molecule has 0 aliphatic heterocycles. The number of ether oxygens (including phenoxy) is 1. The number of aldehydes is 2. The second kappa shape index (κ2) is 21.8. The summed E-state index contributed by atoms with van der Waals surface area (Å²) in [5.74, 6) is -0.492. The van der Waals surface area contributed by atoms with Gasteiger partial charge in [0.05, 0.1) is 12.6 Å². The molecule has 0 radical (unpaired) electrons. The highest BCUT2D eigenvalue weighted by molar-refractivity contribution is 6.09. The molecule has 1 saturated carbocycles. The lowest BCUT2D eigenvalue weighted by atomic mass is 9.95. The quantitative estimate of drug-likeness (QED) is 0.0339. The van der Waals surface area contributed by atoms with Crippen LogP contribution in [0.25, 0.3) is 22.0 Å². The van der Waals surface area contributed by atoms with E-state index in [1.54, 1.807) is 12.3 Å². The number of alkyl halides is 3. The van der Waals surface area contributed by atoms with E-state index in [1.165, 1.54) is 43.2 Å². The van der Waals surface area contributed by atoms with Crippen LogP contribution in [0.1, 0.15) is 92.3 Å². The highest BCUT2D eigenvalue weighted by Gasteiger charge is 2.66. The number of nitrogens with zero attached hydrogens (tertiary/aromatic N) is 1. The van der Waals surface area contributed by atoms with Gasteiger partial charge in [-0.3, -0.25) is 14.6 Å². The van der Waals surface area contributed by atoms with Gasteiger partial charge in [-0.05, 0) is 104 Å². The predicted octanol–water partition coefficient (Wildman–Crippen LogP) is 11.1. The molecule has 5 nitrogen and oxygen atoms in total. The molecule has 9 heteroatoms. The first-order valence-electron chi connectivity index (χ1n) is 15.6. The van der Waals surface area contributed by atoms with E-state index in [1.807, 2.05) is 26.0 Å². The van der Waals surface area contributed by atoms with E-state index < -0.39 is 11.6 Å². The number of unbranched alkanes of at least 4 members (excludes halogenated alkanes) is 2. The van der Waals surface area contributed by atoms with Crippen molar-refractivity contribution >= 4 is 23.5 Å². The SMILES string of the molecule is C.C.C=C(/C=C(\OC)C1(C(F)(F)F)CC1)CC(=C)Cc1ccc(-c2cnc3cc(CCCCC)c(C)cc3c2)cc1F.CC.O.O=CC=O.[HH]. The van der Waals surface area contributed by atoms with Gasteiger partial charge >= 0.3 is 6.18 Å². The van der Waals surface area contributed by atoms with Crippen molar-refractivity contribution in [2.75, 3.05) is 7.11 Å². The van der Waals surface area contributed by atoms with Crippen LogP contribution < -0.4 is 0 Å². The van der Waals surface area contributed by atoms with Crippen molar-refractivity contribution in [2.24, 2.45) is 5.41 Å². The van der Waals surface area contributed by atoms with Crippen LogP contribution in [0.5, 0.6) is 0 Å². The maximum absolute atomic E-state index is 15.1. The van der Waals surface area contributed by atoms with Crippen LogP contribution in [0.15, 0.2) is 78.7 Å². The Balaban J connectivity index is -0.00000206. The molecule has 0 unspecified atom stereocenters. The van der Waals surface area contributed by atoms with Crippen molar-refractivity contribution in [1.82, 2.24) is 4.98 Å². The number of benzene rings is 2. The molecule has 1 aliphatic carbocycles. The van der Waals surface area contributed by atoms with E-state index in [-0.39, 0.29) is 71.6 Å². The summed E-state index contributed by atoms with van der Waals surface area (Å²) in [6.45, 7) is 16.2. The first-order chi connectivity index (χ1) is 21.9. The lowest BCUT2D eigenvalue weighted by Gasteiger charge is -2.22. The fourth-order valence-corrected chi connectivity index (χ4v) is 5.27. The second-order valence-corrected chi connectivity index (χ2v) is 11.3. The number of hydrogen-bond donors (Lipinski definition) is 0. The van der Waals surface area contributed by atoms with Crippen molar-refractivity contribution in [1.29, 1.82) is 0 Å². The molecule has 0 amide bonds. The standard InChI is InChI=1S/C34H37F4NO.C2H2O2.C2H6.2CH4.H2O.H2/c1-6-7-8-9-25-20-31-28(17-24(25)4)18-29(21-39-31)26-10-11-27(30(35)19-26)15-22(2)14-23(3)16-32(40-5)33(12-13-33)34(36,37)38;3-1-2-4;1-2;;;;/h10-11,16-21H,2-3,6-9,12-15H2,1,4-5H3;1-2H;1-2H3;2*1H4;1H2;1H/b32-16-;;;;;;. The highest BCUT2D eigenvalue weighted by Crippen LogP contribution is 2.62. The smallest absolute Gasteiger partial charge is 0.401 e. The number of allylic oxidation sites excluding steroid dienone is 4. The minimum Gasteiger partial charge on any atom is -0.500 e. The Morgan fingerprint density at radius 3 is 2.14 bits per heavy atom. The number of hydrogen-bond acceptors (Lipinski definition) is 4. The molecule has 0 saturated heterocycles. The Morgan fingerprint density at radius 2 is 1.63 bits per heavy atom. The van der Waals surface area contributed by atoms with Crippen LogP contribution in [0.3, 0.4) is 0 Å². The third-order valence-corrected chi connectivity index (χ3v) is 7.87. The van der Waals surface area contributed by atoms with Gasteiger partial charge in [0.25, 0.3) is 0 Å². The molecule has 1 aliphatic rings. The lowest BCUT2D eigenvalue weighted by Crippen LogP contribution is -2.27. The zero-order valence-corrected chi connectivity index (χ0v) is 28.0. The summed E-state index contributed by atoms with van der Waals surface area (Å²) < 4.78 is 60.7. The topological polar surface area (TPSA) is 87.8 Å².